The Bertz CT molecular complexity index is 1070. The van der Waals surface area contributed by atoms with Gasteiger partial charge in [0.1, 0.15) is 16.1 Å². The number of benzene rings is 1. The van der Waals surface area contributed by atoms with E-state index in [-0.39, 0.29) is 5.91 Å². The summed E-state index contributed by atoms with van der Waals surface area (Å²) in [4.78, 5) is 30.8. The maximum atomic E-state index is 12.8. The monoisotopic (exact) mass is 439 g/mol. The zero-order valence-electron chi connectivity index (χ0n) is 17.1. The van der Waals surface area contributed by atoms with Crippen LogP contribution in [0.5, 0.6) is 0 Å². The van der Waals surface area contributed by atoms with E-state index >= 15 is 0 Å². The van der Waals surface area contributed by atoms with Gasteiger partial charge in [-0.25, -0.2) is 9.97 Å². The normalized spacial score (nSPS) is 19.2. The van der Waals surface area contributed by atoms with Crippen molar-refractivity contribution >= 4 is 44.5 Å². The molecule has 0 aliphatic carbocycles. The summed E-state index contributed by atoms with van der Waals surface area (Å²) in [6.07, 6.45) is 4.98. The number of hydrogen-bond acceptors (Lipinski definition) is 7. The molecular formula is C22H25N5OS2. The number of fused-ring (bicyclic) bond motifs is 2. The van der Waals surface area contributed by atoms with Crippen LogP contribution < -0.4 is 4.90 Å². The van der Waals surface area contributed by atoms with Gasteiger partial charge < -0.3 is 9.80 Å². The summed E-state index contributed by atoms with van der Waals surface area (Å²) >= 11 is 3.16. The molecule has 5 rings (SSSR count). The number of anilines is 1. The molecule has 4 heterocycles. The Morgan fingerprint density at radius 3 is 2.97 bits per heavy atom. The average molecular weight is 440 g/mol. The van der Waals surface area contributed by atoms with Crippen LogP contribution in [0.25, 0.3) is 10.3 Å². The molecule has 1 atom stereocenters. The minimum atomic E-state index is 0.163. The van der Waals surface area contributed by atoms with Crippen LogP contribution in [0, 0.1) is 5.92 Å². The average Bonchev–Trinajstić information content (AvgIpc) is 3.22. The lowest BCUT2D eigenvalue weighted by Crippen LogP contribution is -2.37. The smallest absolute Gasteiger partial charge is 0.233 e. The van der Waals surface area contributed by atoms with E-state index in [1.807, 2.05) is 11.0 Å². The summed E-state index contributed by atoms with van der Waals surface area (Å²) in [6.45, 7) is 5.88. The van der Waals surface area contributed by atoms with Crippen LogP contribution in [0.2, 0.25) is 0 Å². The Hall–Kier alpha value is -2.19. The van der Waals surface area contributed by atoms with Gasteiger partial charge in [0.25, 0.3) is 0 Å². The van der Waals surface area contributed by atoms with Crippen LogP contribution in [-0.2, 0) is 17.8 Å². The topological polar surface area (TPSA) is 62.2 Å². The van der Waals surface area contributed by atoms with Crippen molar-refractivity contribution in [3.8, 4) is 0 Å². The minimum Gasteiger partial charge on any atom is -0.348 e. The molecule has 0 N–H and O–H groups in total. The predicted molar refractivity (Wildman–Crippen MR) is 122 cm³/mol. The van der Waals surface area contributed by atoms with Gasteiger partial charge in [-0.2, -0.15) is 4.98 Å². The molecule has 1 amide bonds. The molecule has 156 valence electrons. The van der Waals surface area contributed by atoms with Crippen molar-refractivity contribution in [3.63, 3.8) is 0 Å². The quantitative estimate of drug-likeness (QED) is 0.452. The van der Waals surface area contributed by atoms with Crippen molar-refractivity contribution in [1.29, 1.82) is 0 Å². The highest BCUT2D eigenvalue weighted by Crippen LogP contribution is 2.35. The van der Waals surface area contributed by atoms with Gasteiger partial charge in [-0.15, -0.1) is 0 Å². The van der Waals surface area contributed by atoms with Crippen molar-refractivity contribution in [1.82, 2.24) is 19.9 Å². The Balaban J connectivity index is 1.28. The fourth-order valence-electron chi connectivity index (χ4n) is 4.25. The molecule has 1 aromatic carbocycles. The number of aromatic nitrogens is 3. The van der Waals surface area contributed by atoms with E-state index in [2.05, 4.69) is 40.0 Å². The Morgan fingerprint density at radius 2 is 2.10 bits per heavy atom. The third kappa shape index (κ3) is 4.03. The molecule has 1 fully saturated rings. The second-order valence-electron chi connectivity index (χ2n) is 8.14. The van der Waals surface area contributed by atoms with Crippen molar-refractivity contribution in [2.45, 2.75) is 37.8 Å². The van der Waals surface area contributed by atoms with Crippen molar-refractivity contribution in [3.05, 3.63) is 41.7 Å². The number of carbonyl (C=O) groups excluding carboxylic acids is 1. The molecule has 0 saturated carbocycles. The molecule has 3 aromatic rings. The van der Waals surface area contributed by atoms with Gasteiger partial charge in [0, 0.05) is 26.2 Å². The number of amides is 1. The molecule has 30 heavy (non-hydrogen) atoms. The Labute approximate surface area is 184 Å². The first-order valence-corrected chi connectivity index (χ1v) is 12.3. The molecule has 0 radical (unpaired) electrons. The first kappa shape index (κ1) is 19.8. The lowest BCUT2D eigenvalue weighted by atomic mass is 10.00. The van der Waals surface area contributed by atoms with E-state index in [1.165, 1.54) is 35.7 Å². The van der Waals surface area contributed by atoms with Gasteiger partial charge in [-0.1, -0.05) is 54.3 Å². The number of thiazole rings is 1. The molecule has 0 bridgehead atoms. The van der Waals surface area contributed by atoms with E-state index in [4.69, 9.17) is 4.98 Å². The summed E-state index contributed by atoms with van der Waals surface area (Å²) in [5.41, 5.74) is 3.36. The Kier molecular flexibility index (Phi) is 5.60. The summed E-state index contributed by atoms with van der Waals surface area (Å²) in [7, 11) is 0. The highest BCUT2D eigenvalue weighted by atomic mass is 32.2. The first-order chi connectivity index (χ1) is 14.7. The number of rotatable bonds is 4. The molecule has 2 aliphatic rings. The lowest BCUT2D eigenvalue weighted by Gasteiger charge is -2.30. The van der Waals surface area contributed by atoms with Gasteiger partial charge in [-0.3, -0.25) is 4.79 Å². The van der Waals surface area contributed by atoms with Gasteiger partial charge in [0.05, 0.1) is 5.75 Å². The molecular weight excluding hydrogens is 414 g/mol. The summed E-state index contributed by atoms with van der Waals surface area (Å²) in [5.74, 6) is 1.25. The maximum Gasteiger partial charge on any atom is 0.233 e. The molecule has 2 aliphatic heterocycles. The molecule has 6 nitrogen and oxygen atoms in total. The number of piperidine rings is 1. The van der Waals surface area contributed by atoms with Gasteiger partial charge in [-0.05, 0) is 36.3 Å². The second-order valence-corrected chi connectivity index (χ2v) is 10.1. The van der Waals surface area contributed by atoms with Crippen LogP contribution in [0.1, 0.15) is 30.9 Å². The zero-order chi connectivity index (χ0) is 20.5. The first-order valence-electron chi connectivity index (χ1n) is 10.5. The van der Waals surface area contributed by atoms with E-state index in [0.29, 0.717) is 18.2 Å². The summed E-state index contributed by atoms with van der Waals surface area (Å²) < 4.78 is 0.993. The van der Waals surface area contributed by atoms with Crippen LogP contribution in [0.3, 0.4) is 0 Å². The highest BCUT2D eigenvalue weighted by Gasteiger charge is 2.23. The maximum absolute atomic E-state index is 12.8. The van der Waals surface area contributed by atoms with E-state index in [9.17, 15) is 4.79 Å². The van der Waals surface area contributed by atoms with Crippen LogP contribution in [0.15, 0.2) is 35.6 Å². The number of hydrogen-bond donors (Lipinski definition) is 0. The van der Waals surface area contributed by atoms with Crippen molar-refractivity contribution in [2.75, 3.05) is 30.3 Å². The van der Waals surface area contributed by atoms with Gasteiger partial charge in [0.2, 0.25) is 5.91 Å². The predicted octanol–water partition coefficient (Wildman–Crippen LogP) is 4.00. The van der Waals surface area contributed by atoms with Gasteiger partial charge in [0.15, 0.2) is 10.8 Å². The third-order valence-electron chi connectivity index (χ3n) is 5.89. The van der Waals surface area contributed by atoms with Crippen LogP contribution in [0.4, 0.5) is 5.13 Å². The summed E-state index contributed by atoms with van der Waals surface area (Å²) in [5, 5.41) is 1.89. The zero-order valence-corrected chi connectivity index (χ0v) is 18.7. The third-order valence-corrected chi connectivity index (χ3v) is 8.11. The van der Waals surface area contributed by atoms with E-state index in [0.717, 1.165) is 46.6 Å². The van der Waals surface area contributed by atoms with E-state index in [1.54, 1.807) is 17.7 Å². The SMILES string of the molecule is CC1CCCN(c2nc3ncnc(SCC(=O)N4CCc5ccccc5C4)c3s2)C1. The Morgan fingerprint density at radius 1 is 1.23 bits per heavy atom. The minimum absolute atomic E-state index is 0.163. The van der Waals surface area contributed by atoms with E-state index < -0.39 is 0 Å². The fraction of sp³-hybridized carbons (Fsp3) is 0.455. The highest BCUT2D eigenvalue weighted by molar-refractivity contribution is 8.00. The molecule has 0 spiro atoms. The van der Waals surface area contributed by atoms with Crippen LogP contribution in [-0.4, -0.2) is 51.1 Å². The largest absolute Gasteiger partial charge is 0.348 e. The fourth-order valence-corrected chi connectivity index (χ4v) is 6.28. The van der Waals surface area contributed by atoms with Gasteiger partial charge >= 0.3 is 0 Å². The molecule has 1 saturated heterocycles. The lowest BCUT2D eigenvalue weighted by molar-refractivity contribution is -0.129. The number of thioether (sulfide) groups is 1. The summed E-state index contributed by atoms with van der Waals surface area (Å²) in [6, 6.07) is 8.40. The number of carbonyl (C=O) groups is 1. The molecule has 2 aromatic heterocycles. The number of nitrogens with zero attached hydrogens (tertiary/aromatic N) is 5. The van der Waals surface area contributed by atoms with Crippen molar-refractivity contribution in [2.24, 2.45) is 5.92 Å². The standard InChI is InChI=1S/C22H25N5OS2/c1-15-5-4-9-27(11-15)22-25-20-19(30-22)21(24-14-23-20)29-13-18(28)26-10-8-16-6-2-3-7-17(16)12-26/h2-3,6-7,14-15H,4-5,8-13H2,1H3. The van der Waals surface area contributed by atoms with Crippen molar-refractivity contribution < 1.29 is 4.79 Å². The molecule has 1 unspecified atom stereocenters. The second kappa shape index (κ2) is 8.51. The van der Waals surface area contributed by atoms with Crippen LogP contribution >= 0.6 is 23.1 Å². The molecule has 8 heteroatoms.